The van der Waals surface area contributed by atoms with E-state index in [1.54, 1.807) is 16.4 Å². The first-order chi connectivity index (χ1) is 15.4. The molecule has 0 aromatic heterocycles. The van der Waals surface area contributed by atoms with Crippen LogP contribution in [0.4, 0.5) is 11.4 Å². The van der Waals surface area contributed by atoms with E-state index in [1.807, 2.05) is 31.2 Å². The zero-order chi connectivity index (χ0) is 22.6. The minimum Gasteiger partial charge on any atom is -0.378 e. The van der Waals surface area contributed by atoms with Gasteiger partial charge in [0.05, 0.1) is 18.1 Å². The van der Waals surface area contributed by atoms with Crippen molar-refractivity contribution in [3.8, 4) is 0 Å². The van der Waals surface area contributed by atoms with Gasteiger partial charge in [0.25, 0.3) is 5.91 Å². The summed E-state index contributed by atoms with van der Waals surface area (Å²) < 4.78 is 33.2. The summed E-state index contributed by atoms with van der Waals surface area (Å²) in [4.78, 5) is 15.4. The van der Waals surface area contributed by atoms with Gasteiger partial charge in [-0.1, -0.05) is 18.9 Å². The van der Waals surface area contributed by atoms with Crippen molar-refractivity contribution in [1.29, 1.82) is 0 Å². The second-order valence-electron chi connectivity index (χ2n) is 8.40. The van der Waals surface area contributed by atoms with Crippen molar-refractivity contribution in [3.05, 3.63) is 53.6 Å². The lowest BCUT2D eigenvalue weighted by molar-refractivity contribution is 0.102. The van der Waals surface area contributed by atoms with E-state index in [2.05, 4.69) is 10.2 Å². The van der Waals surface area contributed by atoms with Crippen molar-refractivity contribution < 1.29 is 17.9 Å². The predicted octanol–water partition coefficient (Wildman–Crippen LogP) is 3.65. The van der Waals surface area contributed by atoms with E-state index < -0.39 is 10.0 Å². The van der Waals surface area contributed by atoms with Crippen LogP contribution in [-0.4, -0.2) is 58.0 Å². The third kappa shape index (κ3) is 5.14. The maximum Gasteiger partial charge on any atom is 0.255 e. The smallest absolute Gasteiger partial charge is 0.255 e. The Hall–Kier alpha value is -2.42. The molecular weight excluding hydrogens is 426 g/mol. The van der Waals surface area contributed by atoms with E-state index in [0.29, 0.717) is 37.6 Å². The van der Waals surface area contributed by atoms with Crippen molar-refractivity contribution in [2.45, 2.75) is 37.5 Å². The number of sulfonamides is 1. The fourth-order valence-electron chi connectivity index (χ4n) is 4.21. The van der Waals surface area contributed by atoms with Gasteiger partial charge in [0.2, 0.25) is 10.0 Å². The van der Waals surface area contributed by atoms with Gasteiger partial charge in [0, 0.05) is 43.1 Å². The van der Waals surface area contributed by atoms with E-state index in [4.69, 9.17) is 4.74 Å². The second kappa shape index (κ2) is 10.0. The Morgan fingerprint density at radius 3 is 2.22 bits per heavy atom. The minimum atomic E-state index is -3.61. The average Bonchev–Trinajstić information content (AvgIpc) is 3.10. The van der Waals surface area contributed by atoms with Crippen LogP contribution in [0.2, 0.25) is 0 Å². The molecule has 172 valence electrons. The Balaban J connectivity index is 1.50. The van der Waals surface area contributed by atoms with Crippen LogP contribution < -0.4 is 10.2 Å². The van der Waals surface area contributed by atoms with Crippen LogP contribution in [0, 0.1) is 6.92 Å². The number of amides is 1. The number of carbonyl (C=O) groups is 1. The van der Waals surface area contributed by atoms with E-state index >= 15 is 0 Å². The highest BCUT2D eigenvalue weighted by molar-refractivity contribution is 7.89. The summed E-state index contributed by atoms with van der Waals surface area (Å²) in [5, 5.41) is 2.91. The zero-order valence-electron chi connectivity index (χ0n) is 18.5. The summed E-state index contributed by atoms with van der Waals surface area (Å²) >= 11 is 0. The highest BCUT2D eigenvalue weighted by Gasteiger charge is 2.26. The molecule has 2 saturated heterocycles. The molecule has 4 rings (SSSR count). The average molecular weight is 458 g/mol. The summed E-state index contributed by atoms with van der Waals surface area (Å²) in [6.07, 6.45) is 3.85. The normalized spacial score (nSPS) is 18.2. The standard InChI is InChI=1S/C24H31N3O4S/c1-19-6-11-22(32(29,30)27-12-4-2-3-5-13-27)18-23(19)24(28)25-20-7-9-21(10-8-20)26-14-16-31-17-15-26/h6-11,18H,2-5,12-17H2,1H3,(H,25,28). The molecule has 0 atom stereocenters. The predicted molar refractivity (Wildman–Crippen MR) is 126 cm³/mol. The van der Waals surface area contributed by atoms with Crippen LogP contribution in [0.5, 0.6) is 0 Å². The van der Waals surface area contributed by atoms with Gasteiger partial charge in [-0.2, -0.15) is 4.31 Å². The second-order valence-corrected chi connectivity index (χ2v) is 10.3. The first-order valence-electron chi connectivity index (χ1n) is 11.3. The van der Waals surface area contributed by atoms with E-state index in [1.165, 1.54) is 6.07 Å². The molecule has 0 spiro atoms. The number of rotatable bonds is 5. The van der Waals surface area contributed by atoms with Crippen LogP contribution in [0.3, 0.4) is 0 Å². The summed E-state index contributed by atoms with van der Waals surface area (Å²) in [6.45, 7) is 6.02. The summed E-state index contributed by atoms with van der Waals surface area (Å²) in [5.41, 5.74) is 2.88. The van der Waals surface area contributed by atoms with Crippen LogP contribution >= 0.6 is 0 Å². The van der Waals surface area contributed by atoms with Gasteiger partial charge in [-0.3, -0.25) is 4.79 Å². The number of ether oxygens (including phenoxy) is 1. The largest absolute Gasteiger partial charge is 0.378 e. The number of hydrogen-bond donors (Lipinski definition) is 1. The van der Waals surface area contributed by atoms with Gasteiger partial charge in [-0.05, 0) is 61.7 Å². The van der Waals surface area contributed by atoms with Gasteiger partial charge in [-0.25, -0.2) is 8.42 Å². The Bertz CT molecular complexity index is 1040. The Labute approximate surface area is 190 Å². The first-order valence-corrected chi connectivity index (χ1v) is 12.7. The molecule has 0 saturated carbocycles. The van der Waals surface area contributed by atoms with Gasteiger partial charge in [0.15, 0.2) is 0 Å². The molecule has 1 amide bonds. The topological polar surface area (TPSA) is 79.0 Å². The molecule has 0 radical (unpaired) electrons. The third-order valence-corrected chi connectivity index (χ3v) is 8.05. The summed E-state index contributed by atoms with van der Waals surface area (Å²) in [6, 6.07) is 12.5. The van der Waals surface area contributed by atoms with Crippen molar-refractivity contribution in [2.75, 3.05) is 49.6 Å². The molecule has 32 heavy (non-hydrogen) atoms. The van der Waals surface area contributed by atoms with Gasteiger partial charge < -0.3 is 15.0 Å². The SMILES string of the molecule is Cc1ccc(S(=O)(=O)N2CCCCCC2)cc1C(=O)Nc1ccc(N2CCOCC2)cc1. The number of nitrogens with one attached hydrogen (secondary N) is 1. The first kappa shape index (κ1) is 22.8. The molecule has 2 fully saturated rings. The Kier molecular flexibility index (Phi) is 7.13. The zero-order valence-corrected chi connectivity index (χ0v) is 19.4. The van der Waals surface area contributed by atoms with Crippen LogP contribution in [0.15, 0.2) is 47.4 Å². The lowest BCUT2D eigenvalue weighted by Crippen LogP contribution is -2.36. The molecule has 8 heteroatoms. The van der Waals surface area contributed by atoms with Gasteiger partial charge in [0.1, 0.15) is 0 Å². The van der Waals surface area contributed by atoms with Gasteiger partial charge in [-0.15, -0.1) is 0 Å². The molecule has 1 N–H and O–H groups in total. The number of morpholine rings is 1. The van der Waals surface area contributed by atoms with Crippen molar-refractivity contribution in [3.63, 3.8) is 0 Å². The maximum absolute atomic E-state index is 13.2. The van der Waals surface area contributed by atoms with Gasteiger partial charge >= 0.3 is 0 Å². The molecule has 0 aliphatic carbocycles. The van der Waals surface area contributed by atoms with E-state index in [9.17, 15) is 13.2 Å². The summed E-state index contributed by atoms with van der Waals surface area (Å²) in [5.74, 6) is -0.311. The van der Waals surface area contributed by atoms with Crippen LogP contribution in [-0.2, 0) is 14.8 Å². The quantitative estimate of drug-likeness (QED) is 0.742. The summed E-state index contributed by atoms with van der Waals surface area (Å²) in [7, 11) is -3.61. The lowest BCUT2D eigenvalue weighted by atomic mass is 10.1. The van der Waals surface area contributed by atoms with Crippen molar-refractivity contribution in [1.82, 2.24) is 4.31 Å². The Morgan fingerprint density at radius 1 is 0.906 bits per heavy atom. The fraction of sp³-hybridized carbons (Fsp3) is 0.458. The highest BCUT2D eigenvalue weighted by Crippen LogP contribution is 2.24. The van der Waals surface area contributed by atoms with Crippen LogP contribution in [0.25, 0.3) is 0 Å². The number of carbonyl (C=O) groups excluding carboxylic acids is 1. The molecule has 0 bridgehead atoms. The highest BCUT2D eigenvalue weighted by atomic mass is 32.2. The monoisotopic (exact) mass is 457 g/mol. The fourth-order valence-corrected chi connectivity index (χ4v) is 5.76. The number of nitrogens with zero attached hydrogens (tertiary/aromatic N) is 2. The molecule has 2 aliphatic heterocycles. The number of benzene rings is 2. The van der Waals surface area contributed by atoms with Crippen molar-refractivity contribution >= 4 is 27.3 Å². The van der Waals surface area contributed by atoms with Crippen molar-refractivity contribution in [2.24, 2.45) is 0 Å². The van der Waals surface area contributed by atoms with E-state index in [-0.39, 0.29) is 10.8 Å². The number of hydrogen-bond acceptors (Lipinski definition) is 5. The van der Waals surface area contributed by atoms with Crippen LogP contribution in [0.1, 0.15) is 41.6 Å². The third-order valence-electron chi connectivity index (χ3n) is 6.16. The molecule has 2 aliphatic rings. The molecule has 0 unspecified atom stereocenters. The number of aryl methyl sites for hydroxylation is 1. The lowest BCUT2D eigenvalue weighted by Gasteiger charge is -2.28. The molecular formula is C24H31N3O4S. The molecule has 7 nitrogen and oxygen atoms in total. The molecule has 2 heterocycles. The molecule has 2 aromatic carbocycles. The number of anilines is 2. The Morgan fingerprint density at radius 2 is 1.56 bits per heavy atom. The van der Waals surface area contributed by atoms with E-state index in [0.717, 1.165) is 50.0 Å². The minimum absolute atomic E-state index is 0.179. The maximum atomic E-state index is 13.2. The molecule has 2 aromatic rings.